The number of amides is 1. The maximum Gasteiger partial charge on any atom is 0.349 e. The van der Waals surface area contributed by atoms with Crippen molar-refractivity contribution in [1.82, 2.24) is 5.32 Å². The predicted octanol–water partition coefficient (Wildman–Crippen LogP) is 4.20. The quantitative estimate of drug-likeness (QED) is 0.764. The average molecular weight is 410 g/mol. The SMILES string of the molecule is CC(OC(=O)c1cc2c(s1)-c1ccccc1OC2)C(=O)NC1(C#N)CCCCC1. The van der Waals surface area contributed by atoms with Gasteiger partial charge in [-0.25, -0.2) is 4.79 Å². The highest BCUT2D eigenvalue weighted by Gasteiger charge is 2.35. The highest BCUT2D eigenvalue weighted by Crippen LogP contribution is 2.42. The minimum atomic E-state index is -0.975. The van der Waals surface area contributed by atoms with E-state index in [9.17, 15) is 14.9 Å². The lowest BCUT2D eigenvalue weighted by Crippen LogP contribution is -2.52. The van der Waals surface area contributed by atoms with E-state index in [-0.39, 0.29) is 0 Å². The van der Waals surface area contributed by atoms with Gasteiger partial charge in [-0.15, -0.1) is 11.3 Å². The summed E-state index contributed by atoms with van der Waals surface area (Å²) in [7, 11) is 0. The first kappa shape index (κ1) is 19.5. The van der Waals surface area contributed by atoms with E-state index in [1.807, 2.05) is 24.3 Å². The van der Waals surface area contributed by atoms with Gasteiger partial charge in [-0.1, -0.05) is 31.4 Å². The molecule has 1 amide bonds. The molecule has 1 fully saturated rings. The molecular weight excluding hydrogens is 388 g/mol. The van der Waals surface area contributed by atoms with Crippen LogP contribution in [0.4, 0.5) is 0 Å². The molecule has 2 heterocycles. The number of hydrogen-bond acceptors (Lipinski definition) is 6. The Kier molecular flexibility index (Phi) is 5.29. The number of nitriles is 1. The van der Waals surface area contributed by atoms with E-state index in [0.717, 1.165) is 41.0 Å². The lowest BCUT2D eigenvalue weighted by atomic mass is 9.83. The summed E-state index contributed by atoms with van der Waals surface area (Å²) in [6, 6.07) is 11.7. The molecule has 6 nitrogen and oxygen atoms in total. The number of rotatable bonds is 4. The molecule has 7 heteroatoms. The number of carbonyl (C=O) groups excluding carboxylic acids is 2. The van der Waals surface area contributed by atoms with E-state index < -0.39 is 23.5 Å². The molecule has 0 bridgehead atoms. The number of esters is 1. The largest absolute Gasteiger partial charge is 0.488 e. The fraction of sp³-hybridized carbons (Fsp3) is 0.409. The second kappa shape index (κ2) is 7.88. The van der Waals surface area contributed by atoms with Crippen LogP contribution in [0, 0.1) is 11.3 Å². The van der Waals surface area contributed by atoms with Crippen molar-refractivity contribution in [2.75, 3.05) is 0 Å². The molecule has 29 heavy (non-hydrogen) atoms. The fourth-order valence-corrected chi connectivity index (χ4v) is 4.91. The molecule has 150 valence electrons. The molecule has 1 aliphatic heterocycles. The van der Waals surface area contributed by atoms with Crippen molar-refractivity contribution < 1.29 is 19.1 Å². The molecule has 0 radical (unpaired) electrons. The number of benzene rings is 1. The number of thiophene rings is 1. The zero-order valence-electron chi connectivity index (χ0n) is 16.2. The van der Waals surface area contributed by atoms with Crippen LogP contribution in [0.1, 0.15) is 54.3 Å². The Morgan fingerprint density at radius 1 is 1.28 bits per heavy atom. The van der Waals surface area contributed by atoms with Crippen LogP contribution in [-0.2, 0) is 16.1 Å². The van der Waals surface area contributed by atoms with Gasteiger partial charge in [0.05, 0.1) is 6.07 Å². The lowest BCUT2D eigenvalue weighted by Gasteiger charge is -2.32. The molecule has 2 aromatic rings. The lowest BCUT2D eigenvalue weighted by molar-refractivity contribution is -0.130. The van der Waals surface area contributed by atoms with Crippen LogP contribution < -0.4 is 10.1 Å². The maximum absolute atomic E-state index is 12.6. The summed E-state index contributed by atoms with van der Waals surface area (Å²) in [5, 5.41) is 12.3. The van der Waals surface area contributed by atoms with Crippen LogP contribution in [0.2, 0.25) is 0 Å². The third-order valence-electron chi connectivity index (χ3n) is 5.46. The van der Waals surface area contributed by atoms with Crippen LogP contribution in [0.25, 0.3) is 10.4 Å². The Morgan fingerprint density at radius 2 is 2.03 bits per heavy atom. The summed E-state index contributed by atoms with van der Waals surface area (Å²) in [4.78, 5) is 26.6. The number of ether oxygens (including phenoxy) is 2. The van der Waals surface area contributed by atoms with Crippen molar-refractivity contribution >= 4 is 23.2 Å². The molecular formula is C22H22N2O4S. The Bertz CT molecular complexity index is 985. The summed E-state index contributed by atoms with van der Waals surface area (Å²) in [6.07, 6.45) is 3.18. The second-order valence-corrected chi connectivity index (χ2v) is 8.59. The molecule has 1 aromatic heterocycles. The first-order chi connectivity index (χ1) is 14.0. The van der Waals surface area contributed by atoms with Gasteiger partial charge in [-0.05, 0) is 38.0 Å². The summed E-state index contributed by atoms with van der Waals surface area (Å²) in [5.41, 5.74) is 1.04. The van der Waals surface area contributed by atoms with Crippen molar-refractivity contribution in [1.29, 1.82) is 5.26 Å². The third kappa shape index (κ3) is 3.85. The Balaban J connectivity index is 1.44. The minimum absolute atomic E-state index is 0.400. The van der Waals surface area contributed by atoms with Gasteiger partial charge in [0.15, 0.2) is 6.10 Å². The van der Waals surface area contributed by atoms with Crippen LogP contribution in [0.3, 0.4) is 0 Å². The van der Waals surface area contributed by atoms with Gasteiger partial charge >= 0.3 is 5.97 Å². The standard InChI is InChI=1S/C22H22N2O4S/c1-14(20(25)24-22(13-23)9-5-2-6-10-22)28-21(26)18-11-15-12-27-17-8-4-3-7-16(17)19(15)29-18/h3-4,7-8,11,14H,2,5-6,9-10,12H2,1H3,(H,24,25). The zero-order valence-corrected chi connectivity index (χ0v) is 17.0. The van der Waals surface area contributed by atoms with Gasteiger partial charge in [-0.3, -0.25) is 4.79 Å². The van der Waals surface area contributed by atoms with Gasteiger partial charge in [0.2, 0.25) is 0 Å². The van der Waals surface area contributed by atoms with Crippen LogP contribution in [0.15, 0.2) is 30.3 Å². The molecule has 1 aromatic carbocycles. The minimum Gasteiger partial charge on any atom is -0.488 e. The second-order valence-electron chi connectivity index (χ2n) is 7.54. The van der Waals surface area contributed by atoms with Crippen molar-refractivity contribution in [2.24, 2.45) is 0 Å². The van der Waals surface area contributed by atoms with Gasteiger partial charge in [0, 0.05) is 16.0 Å². The topological polar surface area (TPSA) is 88.4 Å². The summed E-state index contributed by atoms with van der Waals surface area (Å²) in [6.45, 7) is 1.93. The number of carbonyl (C=O) groups is 2. The van der Waals surface area contributed by atoms with Gasteiger partial charge in [-0.2, -0.15) is 5.26 Å². The highest BCUT2D eigenvalue weighted by molar-refractivity contribution is 7.17. The maximum atomic E-state index is 12.6. The molecule has 1 saturated carbocycles. The average Bonchev–Trinajstić information content (AvgIpc) is 3.19. The molecule has 0 spiro atoms. The van der Waals surface area contributed by atoms with Gasteiger partial charge in [0.25, 0.3) is 5.91 Å². The molecule has 0 saturated heterocycles. The number of para-hydroxylation sites is 1. The number of fused-ring (bicyclic) bond motifs is 3. The number of nitrogens with one attached hydrogen (secondary N) is 1. The molecule has 4 rings (SSSR count). The normalized spacial score (nSPS) is 17.7. The molecule has 1 N–H and O–H groups in total. The third-order valence-corrected chi connectivity index (χ3v) is 6.65. The van der Waals surface area contributed by atoms with E-state index in [2.05, 4.69) is 11.4 Å². The number of hydrogen-bond donors (Lipinski definition) is 1. The number of nitrogens with zero attached hydrogens (tertiary/aromatic N) is 1. The Labute approximate surface area is 173 Å². The fourth-order valence-electron chi connectivity index (χ4n) is 3.83. The monoisotopic (exact) mass is 410 g/mol. The summed E-state index contributed by atoms with van der Waals surface area (Å²) in [5.74, 6) is -0.181. The van der Waals surface area contributed by atoms with Crippen LogP contribution in [-0.4, -0.2) is 23.5 Å². The predicted molar refractivity (Wildman–Crippen MR) is 109 cm³/mol. The first-order valence-corrected chi connectivity index (χ1v) is 10.6. The summed E-state index contributed by atoms with van der Waals surface area (Å²) >= 11 is 1.34. The smallest absolute Gasteiger partial charge is 0.349 e. The molecule has 2 aliphatic rings. The highest BCUT2D eigenvalue weighted by atomic mass is 32.1. The Hall–Kier alpha value is -2.85. The Morgan fingerprint density at radius 3 is 2.79 bits per heavy atom. The van der Waals surface area contributed by atoms with Crippen LogP contribution in [0.5, 0.6) is 5.75 Å². The van der Waals surface area contributed by atoms with Gasteiger partial charge in [0.1, 0.15) is 22.8 Å². The van der Waals surface area contributed by atoms with Crippen molar-refractivity contribution in [3.05, 3.63) is 40.8 Å². The van der Waals surface area contributed by atoms with E-state index in [1.165, 1.54) is 18.3 Å². The first-order valence-electron chi connectivity index (χ1n) is 9.80. The van der Waals surface area contributed by atoms with E-state index in [4.69, 9.17) is 9.47 Å². The van der Waals surface area contributed by atoms with Crippen molar-refractivity contribution in [2.45, 2.75) is 57.3 Å². The summed E-state index contributed by atoms with van der Waals surface area (Å²) < 4.78 is 11.1. The van der Waals surface area contributed by atoms with Crippen molar-refractivity contribution in [3.8, 4) is 22.3 Å². The molecule has 1 atom stereocenters. The van der Waals surface area contributed by atoms with Crippen LogP contribution >= 0.6 is 11.3 Å². The van der Waals surface area contributed by atoms with E-state index in [0.29, 0.717) is 24.3 Å². The molecule has 1 aliphatic carbocycles. The van der Waals surface area contributed by atoms with Crippen molar-refractivity contribution in [3.63, 3.8) is 0 Å². The zero-order chi connectivity index (χ0) is 20.4. The van der Waals surface area contributed by atoms with E-state index >= 15 is 0 Å². The van der Waals surface area contributed by atoms with Gasteiger partial charge < -0.3 is 14.8 Å². The molecule has 1 unspecified atom stereocenters. The van der Waals surface area contributed by atoms with E-state index in [1.54, 1.807) is 6.07 Å².